The van der Waals surface area contributed by atoms with Crippen molar-refractivity contribution < 1.29 is 44.2 Å². The molecule has 0 heterocycles. The van der Waals surface area contributed by atoms with Crippen molar-refractivity contribution in [2.45, 2.75) is 13.0 Å². The van der Waals surface area contributed by atoms with E-state index in [2.05, 4.69) is 0 Å². The topological polar surface area (TPSA) is 49.4 Å². The zero-order valence-electron chi connectivity index (χ0n) is 8.59. The fourth-order valence-corrected chi connectivity index (χ4v) is 1.77. The molecular formula is C9H6Cl3NaO3. The van der Waals surface area contributed by atoms with Gasteiger partial charge in [-0.15, -0.1) is 0 Å². The van der Waals surface area contributed by atoms with Crippen LogP contribution in [0.5, 0.6) is 5.75 Å². The second-order valence-corrected chi connectivity index (χ2v) is 4.03. The van der Waals surface area contributed by atoms with Gasteiger partial charge in [0, 0.05) is 5.02 Å². The average molecular weight is 291 g/mol. The smallest absolute Gasteiger partial charge is 0.546 e. The van der Waals surface area contributed by atoms with Gasteiger partial charge in [0.15, 0.2) is 5.75 Å². The molecule has 0 unspecified atom stereocenters. The molecule has 0 amide bonds. The first kappa shape index (κ1) is 16.4. The van der Waals surface area contributed by atoms with E-state index >= 15 is 0 Å². The van der Waals surface area contributed by atoms with Crippen LogP contribution in [0.25, 0.3) is 0 Å². The van der Waals surface area contributed by atoms with Crippen molar-refractivity contribution >= 4 is 40.8 Å². The van der Waals surface area contributed by atoms with Gasteiger partial charge in [0.2, 0.25) is 0 Å². The standard InChI is InChI=1S/C9H7Cl3O3.Na/c1-4(9(13)14)15-8-6(11)2-5(10)3-7(8)12;/h2-4H,1H3,(H,13,14);/q;+1/p-1/t4-;/m0./s1. The number of hydrogen-bond donors (Lipinski definition) is 0. The van der Waals surface area contributed by atoms with E-state index in [1.807, 2.05) is 0 Å². The molecule has 0 aliphatic carbocycles. The molecule has 1 aromatic rings. The molecule has 0 aromatic heterocycles. The number of carboxylic acid groups (broad SMARTS) is 1. The molecule has 1 rings (SSSR count). The van der Waals surface area contributed by atoms with Crippen LogP contribution in [0, 0.1) is 0 Å². The summed E-state index contributed by atoms with van der Waals surface area (Å²) in [7, 11) is 0. The molecule has 0 aliphatic rings. The molecule has 0 saturated carbocycles. The maximum atomic E-state index is 10.4. The van der Waals surface area contributed by atoms with Gasteiger partial charge in [0.25, 0.3) is 0 Å². The molecule has 1 aromatic carbocycles. The van der Waals surface area contributed by atoms with Crippen molar-refractivity contribution in [2.75, 3.05) is 0 Å². The van der Waals surface area contributed by atoms with Gasteiger partial charge in [-0.05, 0) is 19.1 Å². The minimum atomic E-state index is -1.35. The Balaban J connectivity index is 0.00000225. The molecule has 0 spiro atoms. The van der Waals surface area contributed by atoms with Gasteiger partial charge in [-0.2, -0.15) is 0 Å². The molecule has 3 nitrogen and oxygen atoms in total. The van der Waals surface area contributed by atoms with E-state index in [0.717, 1.165) is 0 Å². The van der Waals surface area contributed by atoms with Crippen LogP contribution in [0.3, 0.4) is 0 Å². The van der Waals surface area contributed by atoms with Crippen LogP contribution < -0.4 is 39.4 Å². The Hall–Kier alpha value is 0.360. The van der Waals surface area contributed by atoms with E-state index in [4.69, 9.17) is 39.5 Å². The molecule has 82 valence electrons. The van der Waals surface area contributed by atoms with Crippen molar-refractivity contribution in [1.29, 1.82) is 0 Å². The summed E-state index contributed by atoms with van der Waals surface area (Å²) in [5.74, 6) is -1.27. The van der Waals surface area contributed by atoms with E-state index in [1.54, 1.807) is 0 Å². The van der Waals surface area contributed by atoms with Gasteiger partial charge in [-0.3, -0.25) is 0 Å². The van der Waals surface area contributed by atoms with Crippen LogP contribution in [-0.2, 0) is 4.79 Å². The number of carbonyl (C=O) groups excluding carboxylic acids is 1. The van der Waals surface area contributed by atoms with Gasteiger partial charge in [-0.1, -0.05) is 34.8 Å². The number of benzene rings is 1. The van der Waals surface area contributed by atoms with Crippen LogP contribution in [0.1, 0.15) is 6.92 Å². The van der Waals surface area contributed by atoms with Gasteiger partial charge in [0.1, 0.15) is 6.10 Å². The molecule has 0 bridgehead atoms. The Kier molecular flexibility index (Phi) is 7.10. The van der Waals surface area contributed by atoms with Gasteiger partial charge in [0.05, 0.1) is 16.0 Å². The summed E-state index contributed by atoms with van der Waals surface area (Å²) in [6.07, 6.45) is -1.14. The summed E-state index contributed by atoms with van der Waals surface area (Å²) < 4.78 is 5.01. The minimum Gasteiger partial charge on any atom is -0.546 e. The number of halogens is 3. The van der Waals surface area contributed by atoms with E-state index in [1.165, 1.54) is 19.1 Å². The molecular weight excluding hydrogens is 285 g/mol. The summed E-state index contributed by atoms with van der Waals surface area (Å²) >= 11 is 17.2. The first-order chi connectivity index (χ1) is 6.91. The maximum absolute atomic E-state index is 10.4. The van der Waals surface area contributed by atoms with E-state index < -0.39 is 12.1 Å². The fourth-order valence-electron chi connectivity index (χ4n) is 0.866. The SMILES string of the molecule is C[C@H](Oc1c(Cl)cc(Cl)cc1Cl)C(=O)[O-].[Na+]. The Morgan fingerprint density at radius 3 is 2.12 bits per heavy atom. The van der Waals surface area contributed by atoms with Crippen LogP contribution in [-0.4, -0.2) is 12.1 Å². The third-order valence-electron chi connectivity index (χ3n) is 1.59. The molecule has 7 heteroatoms. The minimum absolute atomic E-state index is 0. The number of hydrogen-bond acceptors (Lipinski definition) is 3. The van der Waals surface area contributed by atoms with E-state index in [-0.39, 0.29) is 45.4 Å². The van der Waals surface area contributed by atoms with Gasteiger partial charge in [-0.25, -0.2) is 0 Å². The van der Waals surface area contributed by atoms with Crippen LogP contribution in [0.15, 0.2) is 12.1 Å². The van der Waals surface area contributed by atoms with Crippen LogP contribution in [0.2, 0.25) is 15.1 Å². The second kappa shape index (κ2) is 6.94. The molecule has 16 heavy (non-hydrogen) atoms. The first-order valence-electron chi connectivity index (χ1n) is 3.94. The zero-order valence-corrected chi connectivity index (χ0v) is 12.9. The normalized spacial score (nSPS) is 11.5. The fraction of sp³-hybridized carbons (Fsp3) is 0.222. The van der Waals surface area contributed by atoms with Gasteiger partial charge < -0.3 is 14.6 Å². The quantitative estimate of drug-likeness (QED) is 0.683. The van der Waals surface area contributed by atoms with Gasteiger partial charge >= 0.3 is 29.6 Å². The van der Waals surface area contributed by atoms with Crippen molar-refractivity contribution in [3.05, 3.63) is 27.2 Å². The predicted molar refractivity (Wildman–Crippen MR) is 56.6 cm³/mol. The number of rotatable bonds is 3. The summed E-state index contributed by atoms with van der Waals surface area (Å²) in [6, 6.07) is 2.82. The molecule has 0 N–H and O–H groups in total. The monoisotopic (exact) mass is 290 g/mol. The zero-order chi connectivity index (χ0) is 11.6. The average Bonchev–Trinajstić information content (AvgIpc) is 2.10. The molecule has 0 saturated heterocycles. The molecule has 0 radical (unpaired) electrons. The molecule has 0 aliphatic heterocycles. The Labute approximate surface area is 130 Å². The van der Waals surface area contributed by atoms with Crippen molar-refractivity contribution in [3.63, 3.8) is 0 Å². The number of ether oxygens (including phenoxy) is 1. The van der Waals surface area contributed by atoms with Crippen molar-refractivity contribution in [1.82, 2.24) is 0 Å². The number of carbonyl (C=O) groups is 1. The van der Waals surface area contributed by atoms with Crippen LogP contribution >= 0.6 is 34.8 Å². The van der Waals surface area contributed by atoms with E-state index in [9.17, 15) is 9.90 Å². The summed E-state index contributed by atoms with van der Waals surface area (Å²) in [4.78, 5) is 10.4. The first-order valence-corrected chi connectivity index (χ1v) is 5.07. The third-order valence-corrected chi connectivity index (χ3v) is 2.37. The molecule has 1 atom stereocenters. The van der Waals surface area contributed by atoms with Crippen molar-refractivity contribution in [2.24, 2.45) is 0 Å². The Bertz CT molecular complexity index is 375. The summed E-state index contributed by atoms with van der Waals surface area (Å²) in [5, 5.41) is 11.1. The summed E-state index contributed by atoms with van der Waals surface area (Å²) in [6.45, 7) is 1.32. The largest absolute Gasteiger partial charge is 1.00 e. The Morgan fingerprint density at radius 2 is 1.75 bits per heavy atom. The van der Waals surface area contributed by atoms with Crippen LogP contribution in [0.4, 0.5) is 0 Å². The number of aliphatic carboxylic acids is 1. The number of carboxylic acids is 1. The second-order valence-electron chi connectivity index (χ2n) is 2.78. The third kappa shape index (κ3) is 4.32. The van der Waals surface area contributed by atoms with Crippen molar-refractivity contribution in [3.8, 4) is 5.75 Å². The maximum Gasteiger partial charge on any atom is 1.00 e. The molecule has 0 fully saturated rings. The summed E-state index contributed by atoms with van der Waals surface area (Å²) in [5.41, 5.74) is 0. The Morgan fingerprint density at radius 1 is 1.31 bits per heavy atom. The predicted octanol–water partition coefficient (Wildman–Crippen LogP) is -0.832. The van der Waals surface area contributed by atoms with E-state index in [0.29, 0.717) is 5.02 Å².